The van der Waals surface area contributed by atoms with Gasteiger partial charge in [-0.25, -0.2) is 4.39 Å². The molecule has 19 heavy (non-hydrogen) atoms. The van der Waals surface area contributed by atoms with E-state index in [0.29, 0.717) is 11.3 Å². The maximum absolute atomic E-state index is 13.9. The molecule has 0 atom stereocenters. The maximum Gasteiger partial charge on any atom is 0.146 e. The van der Waals surface area contributed by atoms with Gasteiger partial charge in [0.05, 0.1) is 12.3 Å². The highest BCUT2D eigenvalue weighted by Gasteiger charge is 2.08. The number of benzene rings is 1. The number of anilines is 1. The lowest BCUT2D eigenvalue weighted by Gasteiger charge is -2.20. The molecule has 0 saturated heterocycles. The molecule has 0 amide bonds. The van der Waals surface area contributed by atoms with E-state index >= 15 is 0 Å². The average molecular weight is 260 g/mol. The lowest BCUT2D eigenvalue weighted by atomic mass is 10.1. The van der Waals surface area contributed by atoms with E-state index in [-0.39, 0.29) is 12.4 Å². The minimum absolute atomic E-state index is 0.141. The Bertz CT molecular complexity index is 531. The molecule has 0 bridgehead atoms. The largest absolute Gasteiger partial charge is 0.392 e. The van der Waals surface area contributed by atoms with Crippen molar-refractivity contribution in [1.29, 1.82) is 0 Å². The third-order valence-electron chi connectivity index (χ3n) is 3.09. The Labute approximate surface area is 112 Å². The molecule has 0 spiro atoms. The molecule has 3 nitrogen and oxygen atoms in total. The van der Waals surface area contributed by atoms with E-state index < -0.39 is 0 Å². The van der Waals surface area contributed by atoms with Crippen LogP contribution in [0.2, 0.25) is 0 Å². The first-order valence-corrected chi connectivity index (χ1v) is 6.20. The van der Waals surface area contributed by atoms with Crippen molar-refractivity contribution in [3.05, 3.63) is 59.7 Å². The number of aromatic nitrogens is 1. The molecule has 0 fully saturated rings. The molecule has 1 heterocycles. The Morgan fingerprint density at radius 3 is 2.53 bits per heavy atom. The predicted molar refractivity (Wildman–Crippen MR) is 73.5 cm³/mol. The standard InChI is InChI=1S/C15H17FN2O/c1-18(9-6-12-4-7-17-8-5-12)15-3-2-13(11-19)10-14(15)16/h2-5,7-8,10,19H,6,9,11H2,1H3. The van der Waals surface area contributed by atoms with Crippen molar-refractivity contribution in [2.45, 2.75) is 13.0 Å². The minimum Gasteiger partial charge on any atom is -0.392 e. The second-order valence-corrected chi connectivity index (χ2v) is 4.47. The van der Waals surface area contributed by atoms with E-state index in [2.05, 4.69) is 4.98 Å². The van der Waals surface area contributed by atoms with Crippen LogP contribution in [0.4, 0.5) is 10.1 Å². The molecule has 1 aromatic carbocycles. The van der Waals surface area contributed by atoms with Crippen molar-refractivity contribution in [3.8, 4) is 0 Å². The first-order chi connectivity index (χ1) is 9.20. The summed E-state index contributed by atoms with van der Waals surface area (Å²) >= 11 is 0. The number of aliphatic hydroxyl groups is 1. The summed E-state index contributed by atoms with van der Waals surface area (Å²) in [4.78, 5) is 5.84. The van der Waals surface area contributed by atoms with Gasteiger partial charge in [-0.2, -0.15) is 0 Å². The van der Waals surface area contributed by atoms with E-state index in [9.17, 15) is 4.39 Å². The highest BCUT2D eigenvalue weighted by Crippen LogP contribution is 2.19. The van der Waals surface area contributed by atoms with E-state index in [1.54, 1.807) is 24.5 Å². The maximum atomic E-state index is 13.9. The molecular weight excluding hydrogens is 243 g/mol. The quantitative estimate of drug-likeness (QED) is 0.896. The molecule has 2 aromatic rings. The van der Waals surface area contributed by atoms with Gasteiger partial charge in [-0.1, -0.05) is 6.07 Å². The summed E-state index contributed by atoms with van der Waals surface area (Å²) in [6.07, 6.45) is 4.35. The summed E-state index contributed by atoms with van der Waals surface area (Å²) in [6.45, 7) is 0.581. The summed E-state index contributed by atoms with van der Waals surface area (Å²) < 4.78 is 13.9. The van der Waals surface area contributed by atoms with Gasteiger partial charge >= 0.3 is 0 Å². The molecule has 0 unspecified atom stereocenters. The first kappa shape index (κ1) is 13.5. The minimum atomic E-state index is -0.302. The van der Waals surface area contributed by atoms with Crippen LogP contribution in [0.15, 0.2) is 42.7 Å². The number of aliphatic hydroxyl groups excluding tert-OH is 1. The zero-order chi connectivity index (χ0) is 13.7. The third-order valence-corrected chi connectivity index (χ3v) is 3.09. The monoisotopic (exact) mass is 260 g/mol. The van der Waals surface area contributed by atoms with Crippen LogP contribution in [0, 0.1) is 5.82 Å². The van der Waals surface area contributed by atoms with Gasteiger partial charge in [0.1, 0.15) is 5.82 Å². The van der Waals surface area contributed by atoms with Gasteiger partial charge in [-0.05, 0) is 41.8 Å². The highest BCUT2D eigenvalue weighted by molar-refractivity contribution is 5.48. The Morgan fingerprint density at radius 2 is 1.89 bits per heavy atom. The van der Waals surface area contributed by atoms with Gasteiger partial charge in [0.25, 0.3) is 0 Å². The van der Waals surface area contributed by atoms with Crippen LogP contribution >= 0.6 is 0 Å². The van der Waals surface area contributed by atoms with Crippen molar-refractivity contribution in [2.24, 2.45) is 0 Å². The molecule has 0 aliphatic rings. The van der Waals surface area contributed by atoms with Crippen LogP contribution in [-0.2, 0) is 13.0 Å². The molecular formula is C15H17FN2O. The molecule has 0 saturated carbocycles. The van der Waals surface area contributed by atoms with E-state index in [0.717, 1.165) is 13.0 Å². The van der Waals surface area contributed by atoms with Gasteiger partial charge in [0, 0.05) is 26.0 Å². The van der Waals surface area contributed by atoms with Crippen LogP contribution in [0.5, 0.6) is 0 Å². The second kappa shape index (κ2) is 6.29. The summed E-state index contributed by atoms with van der Waals surface area (Å²) in [5.41, 5.74) is 2.31. The van der Waals surface area contributed by atoms with Crippen LogP contribution < -0.4 is 4.90 Å². The van der Waals surface area contributed by atoms with E-state index in [1.807, 2.05) is 24.1 Å². The molecule has 1 aromatic heterocycles. The number of hydrogen-bond acceptors (Lipinski definition) is 3. The van der Waals surface area contributed by atoms with Crippen molar-refractivity contribution in [2.75, 3.05) is 18.5 Å². The Balaban J connectivity index is 2.02. The number of likely N-dealkylation sites (N-methyl/N-ethyl adjacent to an activating group) is 1. The summed E-state index contributed by atoms with van der Waals surface area (Å²) in [5.74, 6) is -0.302. The fourth-order valence-corrected chi connectivity index (χ4v) is 1.93. The van der Waals surface area contributed by atoms with E-state index in [1.165, 1.54) is 11.6 Å². The van der Waals surface area contributed by atoms with Gasteiger partial charge in [0.15, 0.2) is 0 Å². The summed E-state index contributed by atoms with van der Waals surface area (Å²) in [6, 6.07) is 8.73. The van der Waals surface area contributed by atoms with Crippen LogP contribution in [0.1, 0.15) is 11.1 Å². The first-order valence-electron chi connectivity index (χ1n) is 6.20. The van der Waals surface area contributed by atoms with Crippen molar-refractivity contribution in [3.63, 3.8) is 0 Å². The molecule has 4 heteroatoms. The molecule has 1 N–H and O–H groups in total. The molecule has 100 valence electrons. The SMILES string of the molecule is CN(CCc1ccncc1)c1ccc(CO)cc1F. The zero-order valence-corrected chi connectivity index (χ0v) is 10.9. The van der Waals surface area contributed by atoms with Crippen LogP contribution in [0.3, 0.4) is 0 Å². The Kier molecular flexibility index (Phi) is 4.47. The zero-order valence-electron chi connectivity index (χ0n) is 10.9. The second-order valence-electron chi connectivity index (χ2n) is 4.47. The van der Waals surface area contributed by atoms with E-state index in [4.69, 9.17) is 5.11 Å². The fraction of sp³-hybridized carbons (Fsp3) is 0.267. The molecule has 0 radical (unpaired) electrons. The van der Waals surface area contributed by atoms with Crippen molar-refractivity contribution >= 4 is 5.69 Å². The van der Waals surface area contributed by atoms with Gasteiger partial charge in [0.2, 0.25) is 0 Å². The third kappa shape index (κ3) is 3.51. The number of hydrogen-bond donors (Lipinski definition) is 1. The predicted octanol–water partition coefficient (Wildman–Crippen LogP) is 2.39. The smallest absolute Gasteiger partial charge is 0.146 e. The lowest BCUT2D eigenvalue weighted by molar-refractivity contribution is 0.281. The van der Waals surface area contributed by atoms with Crippen molar-refractivity contribution in [1.82, 2.24) is 4.98 Å². The van der Waals surface area contributed by atoms with Gasteiger partial charge in [-0.3, -0.25) is 4.98 Å². The van der Waals surface area contributed by atoms with Crippen LogP contribution in [-0.4, -0.2) is 23.7 Å². The highest BCUT2D eigenvalue weighted by atomic mass is 19.1. The normalized spacial score (nSPS) is 10.5. The number of nitrogens with zero attached hydrogens (tertiary/aromatic N) is 2. The summed E-state index contributed by atoms with van der Waals surface area (Å²) in [7, 11) is 1.86. The van der Waals surface area contributed by atoms with Gasteiger partial charge in [-0.15, -0.1) is 0 Å². The van der Waals surface area contributed by atoms with Crippen LogP contribution in [0.25, 0.3) is 0 Å². The number of pyridine rings is 1. The number of rotatable bonds is 5. The summed E-state index contributed by atoms with van der Waals surface area (Å²) in [5, 5.41) is 8.96. The molecule has 0 aliphatic carbocycles. The molecule has 2 rings (SSSR count). The average Bonchev–Trinajstić information content (AvgIpc) is 2.45. The fourth-order valence-electron chi connectivity index (χ4n) is 1.93. The lowest BCUT2D eigenvalue weighted by Crippen LogP contribution is -2.21. The topological polar surface area (TPSA) is 36.4 Å². The van der Waals surface area contributed by atoms with Crippen molar-refractivity contribution < 1.29 is 9.50 Å². The molecule has 0 aliphatic heterocycles. The van der Waals surface area contributed by atoms with Gasteiger partial charge < -0.3 is 10.0 Å². The Morgan fingerprint density at radius 1 is 1.16 bits per heavy atom. The Hall–Kier alpha value is -1.94. The number of halogens is 1.